The SMILES string of the molecule is NCCNc1nccc(-c2cc(F)c(Cl)cc2Cl)n1. The summed E-state index contributed by atoms with van der Waals surface area (Å²) in [6.45, 7) is 1.01. The van der Waals surface area contributed by atoms with E-state index in [0.717, 1.165) is 0 Å². The molecule has 0 radical (unpaired) electrons. The fourth-order valence-corrected chi connectivity index (χ4v) is 1.98. The highest BCUT2D eigenvalue weighted by molar-refractivity contribution is 6.36. The van der Waals surface area contributed by atoms with Gasteiger partial charge in [0.15, 0.2) is 0 Å². The van der Waals surface area contributed by atoms with Crippen LogP contribution in [-0.4, -0.2) is 23.1 Å². The second-order valence-corrected chi connectivity index (χ2v) is 4.54. The van der Waals surface area contributed by atoms with Gasteiger partial charge in [0.25, 0.3) is 0 Å². The van der Waals surface area contributed by atoms with Crippen molar-refractivity contribution in [2.24, 2.45) is 5.73 Å². The van der Waals surface area contributed by atoms with E-state index in [1.807, 2.05) is 0 Å². The lowest BCUT2D eigenvalue weighted by molar-refractivity contribution is 0.628. The Kier molecular flexibility index (Phi) is 4.52. The van der Waals surface area contributed by atoms with Gasteiger partial charge in [0.1, 0.15) is 5.82 Å². The molecule has 0 aliphatic rings. The molecule has 0 saturated carbocycles. The van der Waals surface area contributed by atoms with Crippen molar-refractivity contribution in [1.29, 1.82) is 0 Å². The molecular weight excluding hydrogens is 290 g/mol. The van der Waals surface area contributed by atoms with Crippen LogP contribution < -0.4 is 11.1 Å². The lowest BCUT2D eigenvalue weighted by Crippen LogP contribution is -2.14. The highest BCUT2D eigenvalue weighted by Gasteiger charge is 2.11. The molecule has 4 nitrogen and oxygen atoms in total. The molecule has 1 heterocycles. The van der Waals surface area contributed by atoms with Crippen molar-refractivity contribution in [3.05, 3.63) is 40.3 Å². The summed E-state index contributed by atoms with van der Waals surface area (Å²) in [5, 5.41) is 3.24. The largest absolute Gasteiger partial charge is 0.353 e. The first-order valence-corrected chi connectivity index (χ1v) is 6.29. The lowest BCUT2D eigenvalue weighted by atomic mass is 10.1. The van der Waals surface area contributed by atoms with Crippen molar-refractivity contribution < 1.29 is 4.39 Å². The molecule has 0 spiro atoms. The van der Waals surface area contributed by atoms with Crippen molar-refractivity contribution in [2.45, 2.75) is 0 Å². The average molecular weight is 301 g/mol. The standard InChI is InChI=1S/C12H11Cl2FN4/c13-8-6-9(14)10(15)5-7(8)11-1-3-17-12(19-11)18-4-2-16/h1,3,5-6H,2,4,16H2,(H,17,18,19). The van der Waals surface area contributed by atoms with E-state index in [1.165, 1.54) is 12.1 Å². The maximum atomic E-state index is 13.5. The fraction of sp³-hybridized carbons (Fsp3) is 0.167. The van der Waals surface area contributed by atoms with Crippen LogP contribution in [0, 0.1) is 5.82 Å². The quantitative estimate of drug-likeness (QED) is 0.852. The van der Waals surface area contributed by atoms with Crippen LogP contribution in [0.5, 0.6) is 0 Å². The van der Waals surface area contributed by atoms with Gasteiger partial charge < -0.3 is 11.1 Å². The third kappa shape index (κ3) is 3.32. The first kappa shape index (κ1) is 14.0. The molecule has 0 aliphatic carbocycles. The van der Waals surface area contributed by atoms with E-state index in [2.05, 4.69) is 15.3 Å². The monoisotopic (exact) mass is 300 g/mol. The Bertz CT molecular complexity index is 592. The molecular formula is C12H11Cl2FN4. The molecule has 0 bridgehead atoms. The van der Waals surface area contributed by atoms with Crippen LogP contribution in [0.3, 0.4) is 0 Å². The van der Waals surface area contributed by atoms with Gasteiger partial charge in [0, 0.05) is 24.8 Å². The Morgan fingerprint density at radius 3 is 2.79 bits per heavy atom. The Balaban J connectivity index is 2.38. The predicted molar refractivity (Wildman–Crippen MR) is 75.0 cm³/mol. The summed E-state index contributed by atoms with van der Waals surface area (Å²) in [6, 6.07) is 4.24. The number of hydrogen-bond donors (Lipinski definition) is 2. The second-order valence-electron chi connectivity index (χ2n) is 3.73. The van der Waals surface area contributed by atoms with Crippen LogP contribution in [-0.2, 0) is 0 Å². The minimum atomic E-state index is -0.545. The van der Waals surface area contributed by atoms with Crippen molar-refractivity contribution in [2.75, 3.05) is 18.4 Å². The summed E-state index contributed by atoms with van der Waals surface area (Å²) < 4.78 is 13.5. The summed E-state index contributed by atoms with van der Waals surface area (Å²) in [4.78, 5) is 8.27. The molecule has 2 aromatic rings. The van der Waals surface area contributed by atoms with Crippen LogP contribution in [0.25, 0.3) is 11.3 Å². The predicted octanol–water partition coefficient (Wildman–Crippen LogP) is 2.96. The zero-order chi connectivity index (χ0) is 13.8. The van der Waals surface area contributed by atoms with E-state index in [4.69, 9.17) is 28.9 Å². The molecule has 0 unspecified atom stereocenters. The lowest BCUT2D eigenvalue weighted by Gasteiger charge is -2.07. The van der Waals surface area contributed by atoms with Gasteiger partial charge in [0.2, 0.25) is 5.95 Å². The summed E-state index contributed by atoms with van der Waals surface area (Å²) in [5.41, 5.74) is 6.35. The van der Waals surface area contributed by atoms with Gasteiger partial charge >= 0.3 is 0 Å². The van der Waals surface area contributed by atoms with Crippen LogP contribution in [0.15, 0.2) is 24.4 Å². The molecule has 100 valence electrons. The Morgan fingerprint density at radius 1 is 1.26 bits per heavy atom. The average Bonchev–Trinajstić information content (AvgIpc) is 2.41. The first-order chi connectivity index (χ1) is 9.11. The molecule has 19 heavy (non-hydrogen) atoms. The third-order valence-electron chi connectivity index (χ3n) is 2.37. The van der Waals surface area contributed by atoms with Gasteiger partial charge in [-0.25, -0.2) is 14.4 Å². The summed E-state index contributed by atoms with van der Waals surface area (Å²) >= 11 is 11.7. The molecule has 2 rings (SSSR count). The Hall–Kier alpha value is -1.43. The number of anilines is 1. The van der Waals surface area contributed by atoms with Crippen LogP contribution in [0.1, 0.15) is 0 Å². The number of rotatable bonds is 4. The number of halogens is 3. The van der Waals surface area contributed by atoms with Gasteiger partial charge in [-0.1, -0.05) is 23.2 Å². The van der Waals surface area contributed by atoms with Crippen LogP contribution in [0.2, 0.25) is 10.0 Å². The molecule has 1 aromatic carbocycles. The molecule has 3 N–H and O–H groups in total. The number of nitrogens with two attached hydrogens (primary N) is 1. The number of aromatic nitrogens is 2. The van der Waals surface area contributed by atoms with E-state index in [0.29, 0.717) is 35.3 Å². The zero-order valence-corrected chi connectivity index (χ0v) is 11.3. The van der Waals surface area contributed by atoms with Crippen LogP contribution in [0.4, 0.5) is 10.3 Å². The number of benzene rings is 1. The van der Waals surface area contributed by atoms with Gasteiger partial charge in [0.05, 0.1) is 15.7 Å². The highest BCUT2D eigenvalue weighted by atomic mass is 35.5. The van der Waals surface area contributed by atoms with E-state index in [9.17, 15) is 4.39 Å². The molecule has 0 amide bonds. The minimum absolute atomic E-state index is 0.0238. The highest BCUT2D eigenvalue weighted by Crippen LogP contribution is 2.31. The number of nitrogens with one attached hydrogen (secondary N) is 1. The maximum absolute atomic E-state index is 13.5. The number of hydrogen-bond acceptors (Lipinski definition) is 4. The fourth-order valence-electron chi connectivity index (χ4n) is 1.50. The molecule has 0 aliphatic heterocycles. The van der Waals surface area contributed by atoms with Gasteiger partial charge in [-0.3, -0.25) is 0 Å². The third-order valence-corrected chi connectivity index (χ3v) is 2.97. The molecule has 1 aromatic heterocycles. The number of nitrogens with zero attached hydrogens (tertiary/aromatic N) is 2. The van der Waals surface area contributed by atoms with E-state index in [-0.39, 0.29) is 5.02 Å². The topological polar surface area (TPSA) is 63.8 Å². The van der Waals surface area contributed by atoms with Gasteiger partial charge in [-0.2, -0.15) is 0 Å². The summed E-state index contributed by atoms with van der Waals surface area (Å²) in [7, 11) is 0. The molecule has 7 heteroatoms. The van der Waals surface area contributed by atoms with Crippen molar-refractivity contribution >= 4 is 29.2 Å². The summed E-state index contributed by atoms with van der Waals surface area (Å²) in [6.07, 6.45) is 1.56. The summed E-state index contributed by atoms with van der Waals surface area (Å²) in [5.74, 6) is -0.134. The van der Waals surface area contributed by atoms with E-state index < -0.39 is 5.82 Å². The second kappa shape index (κ2) is 6.14. The zero-order valence-electron chi connectivity index (χ0n) is 9.83. The molecule has 0 fully saturated rings. The van der Waals surface area contributed by atoms with Gasteiger partial charge in [-0.05, 0) is 18.2 Å². The van der Waals surface area contributed by atoms with Crippen molar-refractivity contribution in [3.63, 3.8) is 0 Å². The van der Waals surface area contributed by atoms with Crippen LogP contribution >= 0.6 is 23.2 Å². The molecule has 0 atom stereocenters. The van der Waals surface area contributed by atoms with E-state index >= 15 is 0 Å². The maximum Gasteiger partial charge on any atom is 0.223 e. The van der Waals surface area contributed by atoms with Gasteiger partial charge in [-0.15, -0.1) is 0 Å². The Labute approximate surface area is 119 Å². The Morgan fingerprint density at radius 2 is 2.05 bits per heavy atom. The van der Waals surface area contributed by atoms with Crippen molar-refractivity contribution in [1.82, 2.24) is 9.97 Å². The van der Waals surface area contributed by atoms with Crippen molar-refractivity contribution in [3.8, 4) is 11.3 Å². The first-order valence-electron chi connectivity index (χ1n) is 5.53. The molecule has 0 saturated heterocycles. The van der Waals surface area contributed by atoms with E-state index in [1.54, 1.807) is 12.3 Å². The minimum Gasteiger partial charge on any atom is -0.353 e. The smallest absolute Gasteiger partial charge is 0.223 e. The normalized spacial score (nSPS) is 10.5.